The van der Waals surface area contributed by atoms with Crippen molar-refractivity contribution in [2.75, 3.05) is 27.4 Å². The first-order valence-corrected chi connectivity index (χ1v) is 5.20. The zero-order valence-corrected chi connectivity index (χ0v) is 9.80. The van der Waals surface area contributed by atoms with E-state index in [1.165, 1.54) is 0 Å². The number of halogens is 1. The lowest BCUT2D eigenvalue weighted by Crippen LogP contribution is -2.06. The molecule has 84 valence electrons. The monoisotopic (exact) mass is 229 g/mol. The fourth-order valence-electron chi connectivity index (χ4n) is 1.21. The van der Waals surface area contributed by atoms with Crippen molar-refractivity contribution in [2.24, 2.45) is 0 Å². The minimum Gasteiger partial charge on any atom is -0.490 e. The molecule has 0 aliphatic carbocycles. The van der Waals surface area contributed by atoms with Gasteiger partial charge in [0.2, 0.25) is 0 Å². The van der Waals surface area contributed by atoms with Gasteiger partial charge in [0.1, 0.15) is 12.4 Å². The smallest absolute Gasteiger partial charge is 0.138 e. The van der Waals surface area contributed by atoms with Crippen LogP contribution in [0.1, 0.15) is 5.56 Å². The highest BCUT2D eigenvalue weighted by Gasteiger charge is 2.02. The Morgan fingerprint density at radius 2 is 2.13 bits per heavy atom. The molecule has 0 radical (unpaired) electrons. The molecular formula is C11H16ClNO2. The Labute approximate surface area is 95.3 Å². The van der Waals surface area contributed by atoms with Crippen molar-refractivity contribution in [1.29, 1.82) is 0 Å². The molecule has 4 heteroatoms. The molecule has 15 heavy (non-hydrogen) atoms. The van der Waals surface area contributed by atoms with Crippen molar-refractivity contribution in [1.82, 2.24) is 5.32 Å². The van der Waals surface area contributed by atoms with Crippen molar-refractivity contribution in [3.05, 3.63) is 28.8 Å². The summed E-state index contributed by atoms with van der Waals surface area (Å²) in [6.07, 6.45) is 0. The predicted molar refractivity (Wildman–Crippen MR) is 61.6 cm³/mol. The van der Waals surface area contributed by atoms with Gasteiger partial charge in [-0.2, -0.15) is 0 Å². The molecule has 0 amide bonds. The van der Waals surface area contributed by atoms with E-state index in [9.17, 15) is 0 Å². The minimum absolute atomic E-state index is 0.515. The normalized spacial score (nSPS) is 10.3. The summed E-state index contributed by atoms with van der Waals surface area (Å²) < 4.78 is 10.3. The summed E-state index contributed by atoms with van der Waals surface area (Å²) in [6.45, 7) is 1.88. The first-order valence-electron chi connectivity index (χ1n) is 4.82. The Hall–Kier alpha value is -0.770. The molecule has 1 N–H and O–H groups in total. The molecule has 0 aliphatic heterocycles. The molecule has 0 saturated carbocycles. The molecule has 0 aromatic heterocycles. The van der Waals surface area contributed by atoms with Crippen molar-refractivity contribution < 1.29 is 9.47 Å². The van der Waals surface area contributed by atoms with Crippen LogP contribution in [0.25, 0.3) is 0 Å². The molecule has 3 nitrogen and oxygen atoms in total. The van der Waals surface area contributed by atoms with E-state index < -0.39 is 0 Å². The predicted octanol–water partition coefficient (Wildman–Crippen LogP) is 2.08. The van der Waals surface area contributed by atoms with Crippen molar-refractivity contribution in [2.45, 2.75) is 6.54 Å². The average Bonchev–Trinajstić information content (AvgIpc) is 2.22. The van der Waals surface area contributed by atoms with E-state index in [-0.39, 0.29) is 0 Å². The van der Waals surface area contributed by atoms with Crippen molar-refractivity contribution in [3.8, 4) is 5.75 Å². The van der Waals surface area contributed by atoms with Crippen molar-refractivity contribution in [3.63, 3.8) is 0 Å². The first kappa shape index (κ1) is 12.3. The second kappa shape index (κ2) is 6.67. The van der Waals surface area contributed by atoms with Gasteiger partial charge < -0.3 is 14.8 Å². The Kier molecular flexibility index (Phi) is 5.47. The molecule has 0 atom stereocenters. The third-order valence-corrected chi connectivity index (χ3v) is 2.22. The minimum atomic E-state index is 0.515. The van der Waals surface area contributed by atoms with Crippen LogP contribution in [0.5, 0.6) is 5.75 Å². The van der Waals surface area contributed by atoms with E-state index >= 15 is 0 Å². The van der Waals surface area contributed by atoms with E-state index in [4.69, 9.17) is 21.1 Å². The molecule has 0 saturated heterocycles. The number of benzene rings is 1. The van der Waals surface area contributed by atoms with Crippen molar-refractivity contribution >= 4 is 11.6 Å². The summed E-state index contributed by atoms with van der Waals surface area (Å²) in [6, 6.07) is 5.77. The number of methoxy groups -OCH3 is 1. The number of nitrogens with one attached hydrogen (secondary N) is 1. The van der Waals surface area contributed by atoms with E-state index in [2.05, 4.69) is 5.32 Å². The van der Waals surface area contributed by atoms with Crippen LogP contribution in [0.3, 0.4) is 0 Å². The van der Waals surface area contributed by atoms with Gasteiger partial charge in [0.15, 0.2) is 0 Å². The van der Waals surface area contributed by atoms with Gasteiger partial charge in [-0.05, 0) is 24.7 Å². The molecule has 0 spiro atoms. The Bertz CT molecular complexity index is 305. The van der Waals surface area contributed by atoms with E-state index in [1.807, 2.05) is 25.2 Å². The maximum Gasteiger partial charge on any atom is 0.138 e. The third-order valence-electron chi connectivity index (χ3n) is 1.92. The highest BCUT2D eigenvalue weighted by molar-refractivity contribution is 6.32. The maximum atomic E-state index is 6.05. The molecule has 1 aromatic rings. The standard InChI is InChI=1S/C11H16ClNO2/c1-13-8-9-3-4-11(10(12)7-9)15-6-5-14-2/h3-4,7,13H,5-6,8H2,1-2H3. The fourth-order valence-corrected chi connectivity index (χ4v) is 1.47. The highest BCUT2D eigenvalue weighted by Crippen LogP contribution is 2.25. The Morgan fingerprint density at radius 1 is 1.33 bits per heavy atom. The molecule has 1 aromatic carbocycles. The van der Waals surface area contributed by atoms with Crippen LogP contribution in [0.4, 0.5) is 0 Å². The van der Waals surface area contributed by atoms with Gasteiger partial charge in [0.05, 0.1) is 11.6 Å². The number of rotatable bonds is 6. The summed E-state index contributed by atoms with van der Waals surface area (Å²) in [7, 11) is 3.54. The highest BCUT2D eigenvalue weighted by atomic mass is 35.5. The van der Waals surface area contributed by atoms with E-state index in [1.54, 1.807) is 7.11 Å². The number of hydrogen-bond donors (Lipinski definition) is 1. The van der Waals surface area contributed by atoms with Crippen LogP contribution < -0.4 is 10.1 Å². The van der Waals surface area contributed by atoms with Crippen LogP contribution in [-0.2, 0) is 11.3 Å². The van der Waals surface area contributed by atoms with Gasteiger partial charge in [0.25, 0.3) is 0 Å². The Morgan fingerprint density at radius 3 is 2.73 bits per heavy atom. The van der Waals surface area contributed by atoms with Crippen LogP contribution in [0.15, 0.2) is 18.2 Å². The van der Waals surface area contributed by atoms with Gasteiger partial charge in [-0.1, -0.05) is 17.7 Å². The molecular weight excluding hydrogens is 214 g/mol. The summed E-state index contributed by atoms with van der Waals surface area (Å²) in [4.78, 5) is 0. The zero-order chi connectivity index (χ0) is 11.1. The molecule has 0 aliphatic rings. The fraction of sp³-hybridized carbons (Fsp3) is 0.455. The van der Waals surface area contributed by atoms with Gasteiger partial charge in [-0.15, -0.1) is 0 Å². The second-order valence-electron chi connectivity index (χ2n) is 3.14. The summed E-state index contributed by atoms with van der Waals surface area (Å²) >= 11 is 6.05. The molecule has 0 heterocycles. The maximum absolute atomic E-state index is 6.05. The Balaban J connectivity index is 2.58. The lowest BCUT2D eigenvalue weighted by atomic mass is 10.2. The lowest BCUT2D eigenvalue weighted by molar-refractivity contribution is 0.146. The van der Waals surface area contributed by atoms with Gasteiger partial charge in [-0.3, -0.25) is 0 Å². The summed E-state index contributed by atoms with van der Waals surface area (Å²) in [5, 5.41) is 3.70. The number of ether oxygens (including phenoxy) is 2. The molecule has 1 rings (SSSR count). The average molecular weight is 230 g/mol. The third kappa shape index (κ3) is 4.08. The molecule has 0 fully saturated rings. The van der Waals surface area contributed by atoms with E-state index in [0.717, 1.165) is 12.1 Å². The number of hydrogen-bond acceptors (Lipinski definition) is 3. The molecule has 0 unspecified atom stereocenters. The SMILES string of the molecule is CNCc1ccc(OCCOC)c(Cl)c1. The first-order chi connectivity index (χ1) is 7.27. The van der Waals surface area contributed by atoms with Crippen LogP contribution in [0.2, 0.25) is 5.02 Å². The second-order valence-corrected chi connectivity index (χ2v) is 3.54. The topological polar surface area (TPSA) is 30.5 Å². The van der Waals surface area contributed by atoms with Gasteiger partial charge in [-0.25, -0.2) is 0 Å². The summed E-state index contributed by atoms with van der Waals surface area (Å²) in [5.41, 5.74) is 1.14. The van der Waals surface area contributed by atoms with Gasteiger partial charge >= 0.3 is 0 Å². The van der Waals surface area contributed by atoms with Crippen LogP contribution >= 0.6 is 11.6 Å². The van der Waals surface area contributed by atoms with Crippen LogP contribution in [-0.4, -0.2) is 27.4 Å². The van der Waals surface area contributed by atoms with Crippen LogP contribution in [0, 0.1) is 0 Å². The van der Waals surface area contributed by atoms with Gasteiger partial charge in [0, 0.05) is 13.7 Å². The molecule has 0 bridgehead atoms. The quantitative estimate of drug-likeness (QED) is 0.758. The summed E-state index contributed by atoms with van der Waals surface area (Å²) in [5.74, 6) is 0.702. The lowest BCUT2D eigenvalue weighted by Gasteiger charge is -2.08. The zero-order valence-electron chi connectivity index (χ0n) is 9.05. The largest absolute Gasteiger partial charge is 0.490 e. The van der Waals surface area contributed by atoms with E-state index in [0.29, 0.717) is 24.0 Å².